The van der Waals surface area contributed by atoms with E-state index in [1.807, 2.05) is 0 Å². The molecule has 0 aromatic heterocycles. The van der Waals surface area contributed by atoms with Crippen LogP contribution in [0.3, 0.4) is 0 Å². The number of anilines is 1. The Morgan fingerprint density at radius 3 is 2.80 bits per heavy atom. The van der Waals surface area contributed by atoms with Crippen molar-refractivity contribution in [3.63, 3.8) is 0 Å². The number of nitrogens with zero attached hydrogens (tertiary/aromatic N) is 2. The molecule has 0 spiro atoms. The molecule has 25 heavy (non-hydrogen) atoms. The lowest BCUT2D eigenvalue weighted by Gasteiger charge is -2.26. The molecule has 0 aliphatic carbocycles. The Hall–Kier alpha value is -2.32. The van der Waals surface area contributed by atoms with Crippen molar-refractivity contribution in [3.05, 3.63) is 23.2 Å². The lowest BCUT2D eigenvalue weighted by molar-refractivity contribution is -0.132. The summed E-state index contributed by atoms with van der Waals surface area (Å²) in [6.07, 6.45) is 0. The maximum Gasteiger partial charge on any atom is 0.324 e. The third-order valence-corrected chi connectivity index (χ3v) is 4.21. The Labute approximate surface area is 151 Å². The van der Waals surface area contributed by atoms with Crippen molar-refractivity contribution in [2.45, 2.75) is 13.0 Å². The van der Waals surface area contributed by atoms with Crippen LogP contribution in [-0.4, -0.2) is 67.5 Å². The third kappa shape index (κ3) is 4.61. The van der Waals surface area contributed by atoms with E-state index in [2.05, 4.69) is 10.6 Å². The summed E-state index contributed by atoms with van der Waals surface area (Å²) < 4.78 is 5.18. The first-order valence-electron chi connectivity index (χ1n) is 7.76. The third-order valence-electron chi connectivity index (χ3n) is 3.97. The molecule has 2 rings (SSSR count). The van der Waals surface area contributed by atoms with Crippen molar-refractivity contribution in [1.82, 2.24) is 15.1 Å². The molecule has 1 aliphatic rings. The van der Waals surface area contributed by atoms with Gasteiger partial charge in [-0.15, -0.1) is 0 Å². The maximum atomic E-state index is 12.3. The summed E-state index contributed by atoms with van der Waals surface area (Å²) in [5.41, 5.74) is 0.450. The van der Waals surface area contributed by atoms with Gasteiger partial charge in [-0.05, 0) is 32.2 Å². The van der Waals surface area contributed by atoms with E-state index in [0.29, 0.717) is 29.5 Å². The molecule has 1 aromatic rings. The summed E-state index contributed by atoms with van der Waals surface area (Å²) in [6, 6.07) is 3.87. The van der Waals surface area contributed by atoms with Crippen molar-refractivity contribution in [2.24, 2.45) is 0 Å². The first-order valence-corrected chi connectivity index (χ1v) is 8.14. The second kappa shape index (κ2) is 8.17. The van der Waals surface area contributed by atoms with Crippen LogP contribution in [-0.2, 0) is 9.59 Å². The number of halogens is 1. The highest BCUT2D eigenvalue weighted by atomic mass is 35.5. The number of hydrogen-bond donors (Lipinski definition) is 2. The molecule has 0 saturated carbocycles. The number of rotatable bonds is 6. The minimum atomic E-state index is -0.615. The van der Waals surface area contributed by atoms with E-state index in [-0.39, 0.29) is 18.4 Å². The number of methoxy groups -OCH3 is 1. The zero-order valence-electron chi connectivity index (χ0n) is 14.3. The first kappa shape index (κ1) is 19.0. The molecule has 8 nitrogen and oxygen atoms in total. The largest absolute Gasteiger partial charge is 0.495 e. The van der Waals surface area contributed by atoms with Gasteiger partial charge in [-0.25, -0.2) is 4.79 Å². The number of ether oxygens (including phenoxy) is 1. The maximum absolute atomic E-state index is 12.3. The fourth-order valence-electron chi connectivity index (χ4n) is 2.43. The smallest absolute Gasteiger partial charge is 0.324 e. The van der Waals surface area contributed by atoms with Crippen molar-refractivity contribution in [2.75, 3.05) is 39.1 Å². The SMILES string of the molecule is COc1ccc(Cl)cc1NC(=O)CN(C)[C@@H](C)C(=O)N1CCNC1=O. The second-order valence-corrected chi connectivity index (χ2v) is 6.14. The van der Waals surface area contributed by atoms with Gasteiger partial charge in [-0.2, -0.15) is 0 Å². The highest BCUT2D eigenvalue weighted by Crippen LogP contribution is 2.27. The minimum Gasteiger partial charge on any atom is -0.495 e. The summed E-state index contributed by atoms with van der Waals surface area (Å²) >= 11 is 5.94. The average Bonchev–Trinajstić information content (AvgIpc) is 2.99. The molecule has 1 aromatic carbocycles. The second-order valence-electron chi connectivity index (χ2n) is 5.71. The van der Waals surface area contributed by atoms with Crippen molar-refractivity contribution >= 4 is 35.1 Å². The van der Waals surface area contributed by atoms with Crippen LogP contribution in [0, 0.1) is 0 Å². The molecule has 136 valence electrons. The van der Waals surface area contributed by atoms with E-state index in [9.17, 15) is 14.4 Å². The summed E-state index contributed by atoms with van der Waals surface area (Å²) in [4.78, 5) is 38.9. The lowest BCUT2D eigenvalue weighted by atomic mass is 10.2. The number of benzene rings is 1. The topological polar surface area (TPSA) is 91.0 Å². The highest BCUT2D eigenvalue weighted by molar-refractivity contribution is 6.31. The summed E-state index contributed by atoms with van der Waals surface area (Å²) in [5, 5.41) is 5.75. The summed E-state index contributed by atoms with van der Waals surface area (Å²) in [7, 11) is 3.14. The van der Waals surface area contributed by atoms with Crippen molar-refractivity contribution in [1.29, 1.82) is 0 Å². The zero-order valence-corrected chi connectivity index (χ0v) is 15.1. The predicted octanol–water partition coefficient (Wildman–Crippen LogP) is 1.16. The quantitative estimate of drug-likeness (QED) is 0.786. The van der Waals surface area contributed by atoms with E-state index in [4.69, 9.17) is 16.3 Å². The van der Waals surface area contributed by atoms with Gasteiger partial charge in [0.1, 0.15) is 5.75 Å². The molecule has 9 heteroatoms. The van der Waals surface area contributed by atoms with Crippen molar-refractivity contribution < 1.29 is 19.1 Å². The Bertz CT molecular complexity index is 682. The molecule has 0 radical (unpaired) electrons. The van der Waals surface area contributed by atoms with Gasteiger partial charge in [-0.1, -0.05) is 11.6 Å². The van der Waals surface area contributed by atoms with Crippen LogP contribution in [0.4, 0.5) is 10.5 Å². The standard InChI is InChI=1S/C16H21ClN4O4/c1-10(15(23)21-7-6-18-16(21)24)20(2)9-14(22)19-12-8-11(17)4-5-13(12)25-3/h4-5,8,10H,6-7,9H2,1-3H3,(H,18,24)(H,19,22)/t10-/m0/s1. The van der Waals surface area contributed by atoms with Gasteiger partial charge in [-0.3, -0.25) is 19.4 Å². The average molecular weight is 369 g/mol. The van der Waals surface area contributed by atoms with Crippen LogP contribution < -0.4 is 15.4 Å². The molecule has 1 saturated heterocycles. The highest BCUT2D eigenvalue weighted by Gasteiger charge is 2.31. The van der Waals surface area contributed by atoms with E-state index in [1.54, 1.807) is 37.1 Å². The Morgan fingerprint density at radius 1 is 1.48 bits per heavy atom. The number of likely N-dealkylation sites (N-methyl/N-ethyl adjacent to an activating group) is 1. The van der Waals surface area contributed by atoms with Crippen LogP contribution in [0.5, 0.6) is 5.75 Å². The Morgan fingerprint density at radius 2 is 2.20 bits per heavy atom. The molecule has 4 amide bonds. The van der Waals surface area contributed by atoms with E-state index >= 15 is 0 Å². The molecule has 1 atom stereocenters. The molecule has 0 unspecified atom stereocenters. The van der Waals surface area contributed by atoms with Gasteiger partial charge in [0.25, 0.3) is 0 Å². The summed E-state index contributed by atoms with van der Waals surface area (Å²) in [5.74, 6) is -0.183. The molecular formula is C16H21ClN4O4. The van der Waals surface area contributed by atoms with Gasteiger partial charge in [0, 0.05) is 18.1 Å². The molecule has 1 aliphatic heterocycles. The number of carbonyl (C=O) groups is 3. The summed E-state index contributed by atoms with van der Waals surface area (Å²) in [6.45, 7) is 2.40. The van der Waals surface area contributed by atoms with Gasteiger partial charge in [0.15, 0.2) is 0 Å². The predicted molar refractivity (Wildman–Crippen MR) is 93.8 cm³/mol. The first-order chi connectivity index (χ1) is 11.8. The Kier molecular flexibility index (Phi) is 6.22. The van der Waals surface area contributed by atoms with Crippen LogP contribution in [0.15, 0.2) is 18.2 Å². The van der Waals surface area contributed by atoms with E-state index in [0.717, 1.165) is 4.90 Å². The van der Waals surface area contributed by atoms with Gasteiger partial charge >= 0.3 is 6.03 Å². The lowest BCUT2D eigenvalue weighted by Crippen LogP contribution is -2.48. The monoisotopic (exact) mass is 368 g/mol. The molecule has 0 bridgehead atoms. The number of carbonyl (C=O) groups excluding carboxylic acids is 3. The van der Waals surface area contributed by atoms with Gasteiger partial charge in [0.05, 0.1) is 25.4 Å². The molecule has 1 fully saturated rings. The van der Waals surface area contributed by atoms with Gasteiger partial charge in [0.2, 0.25) is 11.8 Å². The zero-order chi connectivity index (χ0) is 18.6. The number of hydrogen-bond acceptors (Lipinski definition) is 5. The Balaban J connectivity index is 1.96. The van der Waals surface area contributed by atoms with Crippen LogP contribution in [0.2, 0.25) is 5.02 Å². The number of urea groups is 1. The fourth-order valence-corrected chi connectivity index (χ4v) is 2.60. The number of imide groups is 1. The fraction of sp³-hybridized carbons (Fsp3) is 0.438. The molecule has 1 heterocycles. The van der Waals surface area contributed by atoms with Crippen LogP contribution in [0.25, 0.3) is 0 Å². The normalized spacial score (nSPS) is 15.1. The van der Waals surface area contributed by atoms with Crippen LogP contribution >= 0.6 is 11.6 Å². The molecular weight excluding hydrogens is 348 g/mol. The van der Waals surface area contributed by atoms with Crippen LogP contribution in [0.1, 0.15) is 6.92 Å². The number of nitrogens with one attached hydrogen (secondary N) is 2. The molecule has 2 N–H and O–H groups in total. The number of amides is 4. The van der Waals surface area contributed by atoms with Crippen molar-refractivity contribution in [3.8, 4) is 5.75 Å². The minimum absolute atomic E-state index is 0.0297. The van der Waals surface area contributed by atoms with E-state index < -0.39 is 12.1 Å². The van der Waals surface area contributed by atoms with E-state index in [1.165, 1.54) is 7.11 Å². The van der Waals surface area contributed by atoms with Gasteiger partial charge < -0.3 is 15.4 Å².